The first-order chi connectivity index (χ1) is 8.30. The van der Waals surface area contributed by atoms with Gasteiger partial charge in [0.1, 0.15) is 0 Å². The predicted octanol–water partition coefficient (Wildman–Crippen LogP) is 3.50. The Morgan fingerprint density at radius 2 is 1.94 bits per heavy atom. The van der Waals surface area contributed by atoms with Gasteiger partial charge in [-0.25, -0.2) is 0 Å². The quantitative estimate of drug-likeness (QED) is 0.734. The van der Waals surface area contributed by atoms with Gasteiger partial charge in [0.2, 0.25) is 0 Å². The molecular weight excluding hydrogens is 210 g/mol. The van der Waals surface area contributed by atoms with Gasteiger partial charge in [-0.15, -0.1) is 0 Å². The van der Waals surface area contributed by atoms with Gasteiger partial charge in [0, 0.05) is 13.2 Å². The molecule has 1 unspecified atom stereocenters. The van der Waals surface area contributed by atoms with Crippen molar-refractivity contribution in [2.45, 2.75) is 76.4 Å². The maximum atomic E-state index is 5.96. The summed E-state index contributed by atoms with van der Waals surface area (Å²) in [6.45, 7) is 3.39. The molecule has 100 valence electrons. The number of hydrogen-bond acceptors (Lipinski definition) is 2. The minimum absolute atomic E-state index is 0.158. The first-order valence-corrected chi connectivity index (χ1v) is 7.59. The van der Waals surface area contributed by atoms with Gasteiger partial charge in [-0.05, 0) is 38.1 Å². The summed E-state index contributed by atoms with van der Waals surface area (Å²) in [6, 6.07) is 0.597. The second-order valence-corrected chi connectivity index (χ2v) is 6.02. The van der Waals surface area contributed by atoms with E-state index in [1.165, 1.54) is 57.8 Å². The molecule has 2 aliphatic carbocycles. The van der Waals surface area contributed by atoms with Crippen molar-refractivity contribution in [2.24, 2.45) is 5.92 Å². The van der Waals surface area contributed by atoms with Crippen LogP contribution in [0.1, 0.15) is 64.7 Å². The normalized spacial score (nSPS) is 25.8. The van der Waals surface area contributed by atoms with E-state index in [-0.39, 0.29) is 5.60 Å². The summed E-state index contributed by atoms with van der Waals surface area (Å²) in [6.07, 6.45) is 12.1. The van der Waals surface area contributed by atoms with E-state index in [1.807, 2.05) is 7.11 Å². The van der Waals surface area contributed by atoms with E-state index in [0.717, 1.165) is 12.5 Å². The van der Waals surface area contributed by atoms with E-state index in [4.69, 9.17) is 4.74 Å². The molecular formula is C15H29NO. The molecule has 17 heavy (non-hydrogen) atoms. The second kappa shape index (κ2) is 6.19. The maximum Gasteiger partial charge on any atom is 0.0831 e. The van der Waals surface area contributed by atoms with Crippen molar-refractivity contribution in [1.82, 2.24) is 5.32 Å². The maximum absolute atomic E-state index is 5.96. The molecule has 2 aliphatic rings. The zero-order chi connectivity index (χ0) is 12.1. The van der Waals surface area contributed by atoms with Gasteiger partial charge >= 0.3 is 0 Å². The van der Waals surface area contributed by atoms with Crippen LogP contribution in [0.5, 0.6) is 0 Å². The average Bonchev–Trinajstić information content (AvgIpc) is 2.76. The Labute approximate surface area is 107 Å². The molecule has 2 heteroatoms. The van der Waals surface area contributed by atoms with Crippen molar-refractivity contribution in [1.29, 1.82) is 0 Å². The summed E-state index contributed by atoms with van der Waals surface area (Å²) >= 11 is 0. The van der Waals surface area contributed by atoms with Gasteiger partial charge < -0.3 is 10.1 Å². The van der Waals surface area contributed by atoms with Crippen LogP contribution in [-0.2, 0) is 4.74 Å². The van der Waals surface area contributed by atoms with Crippen molar-refractivity contribution in [3.8, 4) is 0 Å². The zero-order valence-corrected chi connectivity index (χ0v) is 11.6. The summed E-state index contributed by atoms with van der Waals surface area (Å²) in [5.74, 6) is 0.969. The number of hydrogen-bond donors (Lipinski definition) is 1. The predicted molar refractivity (Wildman–Crippen MR) is 72.2 cm³/mol. The molecule has 0 radical (unpaired) electrons. The second-order valence-electron chi connectivity index (χ2n) is 6.02. The summed E-state index contributed by atoms with van der Waals surface area (Å²) in [5, 5.41) is 3.78. The smallest absolute Gasteiger partial charge is 0.0831 e. The molecule has 0 aromatic carbocycles. The minimum atomic E-state index is 0.158. The molecule has 0 bridgehead atoms. The van der Waals surface area contributed by atoms with Gasteiger partial charge in [-0.3, -0.25) is 0 Å². The van der Waals surface area contributed by atoms with Crippen LogP contribution < -0.4 is 5.32 Å². The lowest BCUT2D eigenvalue weighted by Gasteiger charge is -2.40. The molecule has 0 spiro atoms. The third-order valence-corrected chi connectivity index (χ3v) is 4.93. The lowest BCUT2D eigenvalue weighted by atomic mass is 9.76. The molecule has 2 rings (SSSR count). The Bertz CT molecular complexity index is 219. The van der Waals surface area contributed by atoms with Crippen molar-refractivity contribution >= 4 is 0 Å². The van der Waals surface area contributed by atoms with Gasteiger partial charge in [-0.1, -0.05) is 39.0 Å². The Balaban J connectivity index is 1.95. The molecule has 2 nitrogen and oxygen atoms in total. The molecule has 0 aliphatic heterocycles. The number of ether oxygens (including phenoxy) is 1. The van der Waals surface area contributed by atoms with E-state index >= 15 is 0 Å². The van der Waals surface area contributed by atoms with Crippen LogP contribution >= 0.6 is 0 Å². The van der Waals surface area contributed by atoms with Crippen molar-refractivity contribution in [3.05, 3.63) is 0 Å². The van der Waals surface area contributed by atoms with Gasteiger partial charge in [0.25, 0.3) is 0 Å². The molecule has 2 fully saturated rings. The molecule has 0 aromatic heterocycles. The highest BCUT2D eigenvalue weighted by Gasteiger charge is 2.42. The summed E-state index contributed by atoms with van der Waals surface area (Å²) in [4.78, 5) is 0. The zero-order valence-electron chi connectivity index (χ0n) is 11.6. The van der Waals surface area contributed by atoms with E-state index in [0.29, 0.717) is 6.04 Å². The van der Waals surface area contributed by atoms with E-state index in [2.05, 4.69) is 12.2 Å². The van der Waals surface area contributed by atoms with Crippen LogP contribution in [0.25, 0.3) is 0 Å². The molecule has 0 amide bonds. The van der Waals surface area contributed by atoms with Crippen LogP contribution in [0.4, 0.5) is 0 Å². The van der Waals surface area contributed by atoms with Crippen LogP contribution in [0.3, 0.4) is 0 Å². The fourth-order valence-corrected chi connectivity index (χ4v) is 3.53. The molecule has 0 aromatic rings. The highest BCUT2D eigenvalue weighted by atomic mass is 16.5. The third-order valence-electron chi connectivity index (χ3n) is 4.93. The Morgan fingerprint density at radius 3 is 2.41 bits per heavy atom. The van der Waals surface area contributed by atoms with Crippen molar-refractivity contribution in [2.75, 3.05) is 13.7 Å². The fourth-order valence-electron chi connectivity index (χ4n) is 3.53. The first-order valence-electron chi connectivity index (χ1n) is 7.59. The van der Waals surface area contributed by atoms with E-state index in [1.54, 1.807) is 0 Å². The highest BCUT2D eigenvalue weighted by molar-refractivity contribution is 4.98. The van der Waals surface area contributed by atoms with Crippen LogP contribution in [0.2, 0.25) is 0 Å². The fraction of sp³-hybridized carbons (Fsp3) is 1.00. The van der Waals surface area contributed by atoms with Crippen LogP contribution in [0, 0.1) is 5.92 Å². The van der Waals surface area contributed by atoms with Gasteiger partial charge in [0.05, 0.1) is 5.60 Å². The standard InChI is InChI=1S/C15H29NO/c1-3-11-16-14(12-13-7-6-8-13)15(17-2)9-4-5-10-15/h13-14,16H,3-12H2,1-2H3. The summed E-state index contributed by atoms with van der Waals surface area (Å²) in [5.41, 5.74) is 0.158. The number of nitrogens with one attached hydrogen (secondary N) is 1. The Morgan fingerprint density at radius 1 is 1.24 bits per heavy atom. The molecule has 0 saturated heterocycles. The molecule has 1 N–H and O–H groups in total. The largest absolute Gasteiger partial charge is 0.377 e. The molecule has 1 atom stereocenters. The first kappa shape index (κ1) is 13.4. The van der Waals surface area contributed by atoms with Gasteiger partial charge in [0.15, 0.2) is 0 Å². The SMILES string of the molecule is CCCNC(CC1CCC1)C1(OC)CCCC1. The third kappa shape index (κ3) is 3.03. The Hall–Kier alpha value is -0.0800. The van der Waals surface area contributed by atoms with E-state index in [9.17, 15) is 0 Å². The van der Waals surface area contributed by atoms with Crippen molar-refractivity contribution in [3.63, 3.8) is 0 Å². The number of rotatable bonds is 7. The minimum Gasteiger partial charge on any atom is -0.377 e. The molecule has 0 heterocycles. The average molecular weight is 239 g/mol. The topological polar surface area (TPSA) is 21.3 Å². The van der Waals surface area contributed by atoms with Crippen molar-refractivity contribution < 1.29 is 4.74 Å². The Kier molecular flexibility index (Phi) is 4.87. The lowest BCUT2D eigenvalue weighted by Crippen LogP contribution is -2.52. The van der Waals surface area contributed by atoms with E-state index < -0.39 is 0 Å². The highest BCUT2D eigenvalue weighted by Crippen LogP contribution is 2.40. The van der Waals surface area contributed by atoms with Crippen LogP contribution in [0.15, 0.2) is 0 Å². The monoisotopic (exact) mass is 239 g/mol. The summed E-state index contributed by atoms with van der Waals surface area (Å²) < 4.78 is 5.96. The lowest BCUT2D eigenvalue weighted by molar-refractivity contribution is -0.0444. The number of methoxy groups -OCH3 is 1. The summed E-state index contributed by atoms with van der Waals surface area (Å²) in [7, 11) is 1.92. The van der Waals surface area contributed by atoms with Crippen LogP contribution in [-0.4, -0.2) is 25.3 Å². The molecule has 2 saturated carbocycles. The van der Waals surface area contributed by atoms with Gasteiger partial charge in [-0.2, -0.15) is 0 Å².